The highest BCUT2D eigenvalue weighted by Gasteiger charge is 2.64. The third-order valence-electron chi connectivity index (χ3n) is 14.5. The number of fused-ring (bicyclic) bond motifs is 1. The van der Waals surface area contributed by atoms with Crippen LogP contribution in [0.15, 0.2) is 65.5 Å². The van der Waals surface area contributed by atoms with Crippen LogP contribution in [0.1, 0.15) is 75.3 Å². The molecular formula is C48H57ClN10O5. The molecule has 0 spiro atoms. The molecule has 9 rings (SSSR count). The zero-order chi connectivity index (χ0) is 44.9. The number of ether oxygens (including phenoxy) is 1. The minimum atomic E-state index is -0.839. The lowest BCUT2D eigenvalue weighted by atomic mass is 9.49. The van der Waals surface area contributed by atoms with E-state index < -0.39 is 11.9 Å². The second-order valence-corrected chi connectivity index (χ2v) is 20.1. The zero-order valence-corrected chi connectivity index (χ0v) is 37.8. The van der Waals surface area contributed by atoms with Crippen LogP contribution in [0.2, 0.25) is 5.02 Å². The lowest BCUT2D eigenvalue weighted by molar-refractivity contribution is -0.164. The number of likely N-dealkylation sites (tertiary alicyclic amines) is 1. The predicted molar refractivity (Wildman–Crippen MR) is 245 cm³/mol. The monoisotopic (exact) mass is 888 g/mol. The quantitative estimate of drug-likeness (QED) is 0.196. The SMILES string of the molecule is CC1(C)[C@H](NC(=O)c2ccc(N3CCN(CC4CCN(CC5CN(c6ccc7nnn(C8CCC(=O)NC8=O)c(=O)c7c6)C5)CC4)CC3)cc2)C(C)(C)[C@H]1Oc1ccc(C#N)c(Cl)c1. The van der Waals surface area contributed by atoms with E-state index in [-0.39, 0.29) is 53.2 Å². The summed E-state index contributed by atoms with van der Waals surface area (Å²) < 4.78 is 7.51. The Morgan fingerprint density at radius 3 is 2.19 bits per heavy atom. The fourth-order valence-electron chi connectivity index (χ4n) is 11.2. The third kappa shape index (κ3) is 8.55. The van der Waals surface area contributed by atoms with Crippen molar-refractivity contribution in [2.75, 3.05) is 75.2 Å². The number of piperidine rings is 2. The van der Waals surface area contributed by atoms with Gasteiger partial charge < -0.3 is 24.8 Å². The lowest BCUT2D eigenvalue weighted by Crippen LogP contribution is -2.74. The normalized spacial score (nSPS) is 24.1. The van der Waals surface area contributed by atoms with Gasteiger partial charge in [0, 0.05) is 105 Å². The van der Waals surface area contributed by atoms with Crippen molar-refractivity contribution >= 4 is 51.6 Å². The van der Waals surface area contributed by atoms with Crippen LogP contribution in [0.4, 0.5) is 11.4 Å². The summed E-state index contributed by atoms with van der Waals surface area (Å²) in [4.78, 5) is 60.9. The third-order valence-corrected chi connectivity index (χ3v) is 14.8. The van der Waals surface area contributed by atoms with Gasteiger partial charge in [-0.25, -0.2) is 0 Å². The first kappa shape index (κ1) is 43.7. The molecule has 4 aromatic rings. The van der Waals surface area contributed by atoms with E-state index in [1.54, 1.807) is 18.2 Å². The van der Waals surface area contributed by atoms with E-state index in [4.69, 9.17) is 16.3 Å². The van der Waals surface area contributed by atoms with Crippen molar-refractivity contribution in [2.45, 2.75) is 71.6 Å². The molecule has 0 bridgehead atoms. The zero-order valence-electron chi connectivity index (χ0n) is 37.1. The van der Waals surface area contributed by atoms with Crippen molar-refractivity contribution in [3.05, 3.63) is 87.2 Å². The Bertz CT molecular complexity index is 2520. The van der Waals surface area contributed by atoms with Gasteiger partial charge in [0.25, 0.3) is 17.4 Å². The number of carbonyl (C=O) groups excluding carboxylic acids is 3. The number of benzene rings is 3. The van der Waals surface area contributed by atoms with Crippen molar-refractivity contribution in [2.24, 2.45) is 22.7 Å². The van der Waals surface area contributed by atoms with Gasteiger partial charge in [-0.1, -0.05) is 44.5 Å². The van der Waals surface area contributed by atoms with Crippen molar-refractivity contribution in [1.29, 1.82) is 5.26 Å². The van der Waals surface area contributed by atoms with E-state index in [0.717, 1.165) is 81.5 Å². The molecule has 3 amide bonds. The summed E-state index contributed by atoms with van der Waals surface area (Å²) in [6, 6.07) is 19.9. The topological polar surface area (TPSA) is 169 Å². The van der Waals surface area contributed by atoms with Crippen LogP contribution in [0.5, 0.6) is 5.75 Å². The van der Waals surface area contributed by atoms with E-state index in [0.29, 0.717) is 44.6 Å². The van der Waals surface area contributed by atoms with Gasteiger partial charge in [-0.05, 0) is 92.9 Å². The molecule has 4 saturated heterocycles. The van der Waals surface area contributed by atoms with Crippen molar-refractivity contribution in [3.63, 3.8) is 0 Å². The van der Waals surface area contributed by atoms with E-state index in [9.17, 15) is 24.4 Å². The number of aromatic nitrogens is 3. The highest BCUT2D eigenvalue weighted by atomic mass is 35.5. The fourth-order valence-corrected chi connectivity index (χ4v) is 11.4. The van der Waals surface area contributed by atoms with Gasteiger partial charge in [0.05, 0.1) is 16.0 Å². The number of nitrogens with zero attached hydrogens (tertiary/aromatic N) is 8. The average molecular weight is 890 g/mol. The fraction of sp³-hybridized carbons (Fsp3) is 0.521. The number of hydrogen-bond donors (Lipinski definition) is 2. The molecule has 5 aliphatic rings. The van der Waals surface area contributed by atoms with Crippen LogP contribution in [0.3, 0.4) is 0 Å². The Morgan fingerprint density at radius 2 is 1.52 bits per heavy atom. The number of imide groups is 1. The number of halogens is 1. The van der Waals surface area contributed by atoms with Gasteiger partial charge >= 0.3 is 0 Å². The van der Waals surface area contributed by atoms with Crippen LogP contribution >= 0.6 is 11.6 Å². The summed E-state index contributed by atoms with van der Waals surface area (Å²) in [6.07, 6.45) is 2.64. The van der Waals surface area contributed by atoms with E-state index in [1.165, 1.54) is 12.8 Å². The molecule has 1 aliphatic carbocycles. The number of nitriles is 1. The molecule has 5 heterocycles. The van der Waals surface area contributed by atoms with Crippen LogP contribution in [-0.2, 0) is 9.59 Å². The molecule has 5 fully saturated rings. The Balaban J connectivity index is 0.690. The second-order valence-electron chi connectivity index (χ2n) is 19.7. The standard InChI is InChI=1S/C48H57ClN10O5/c1-47(2)45(48(3,4)46(47)64-36-11-7-33(25-50)38(49)24-36)52-42(61)32-5-8-34(9-6-32)57-21-19-56(20-22-57)26-30-15-17-55(18-16-30)27-31-28-58(29-31)35-10-12-39-37(23-35)44(63)59(54-53-39)40-13-14-41(60)51-43(40)62/h5-12,23-24,30-31,40,45-46H,13-22,26-29H2,1-4H3,(H,52,61)(H,51,60,62)/t40?,45-,46-. The molecule has 1 unspecified atom stereocenters. The predicted octanol–water partition coefficient (Wildman–Crippen LogP) is 4.88. The Labute approximate surface area is 378 Å². The lowest BCUT2D eigenvalue weighted by Gasteiger charge is -2.63. The van der Waals surface area contributed by atoms with Crippen LogP contribution in [0, 0.1) is 34.0 Å². The minimum absolute atomic E-state index is 0.0935. The van der Waals surface area contributed by atoms with Gasteiger partial charge in [-0.3, -0.25) is 29.4 Å². The minimum Gasteiger partial charge on any atom is -0.489 e. The average Bonchev–Trinajstić information content (AvgIpc) is 3.27. The molecular weight excluding hydrogens is 832 g/mol. The molecule has 15 nitrogen and oxygen atoms in total. The van der Waals surface area contributed by atoms with Crippen molar-refractivity contribution in [3.8, 4) is 11.8 Å². The molecule has 1 aromatic heterocycles. The van der Waals surface area contributed by atoms with Crippen molar-refractivity contribution < 1.29 is 19.1 Å². The maximum absolute atomic E-state index is 13.5. The Kier molecular flexibility index (Phi) is 11.9. The van der Waals surface area contributed by atoms with E-state index in [2.05, 4.69) is 86.4 Å². The number of carbonyl (C=O) groups is 3. The summed E-state index contributed by atoms with van der Waals surface area (Å²) in [7, 11) is 0. The summed E-state index contributed by atoms with van der Waals surface area (Å²) >= 11 is 6.27. The molecule has 0 radical (unpaired) electrons. The molecule has 2 N–H and O–H groups in total. The molecule has 1 atom stereocenters. The van der Waals surface area contributed by atoms with E-state index >= 15 is 0 Å². The number of piperazine rings is 1. The summed E-state index contributed by atoms with van der Waals surface area (Å²) in [6.45, 7) is 18.7. The van der Waals surface area contributed by atoms with Gasteiger partial charge in [0.1, 0.15) is 29.5 Å². The number of amides is 3. The van der Waals surface area contributed by atoms with Gasteiger partial charge in [-0.15, -0.1) is 5.10 Å². The molecule has 64 heavy (non-hydrogen) atoms. The van der Waals surface area contributed by atoms with E-state index in [1.807, 2.05) is 30.3 Å². The number of rotatable bonds is 11. The second kappa shape index (κ2) is 17.4. The molecule has 3 aromatic carbocycles. The van der Waals surface area contributed by atoms with Gasteiger partial charge in [0.15, 0.2) is 0 Å². The first-order chi connectivity index (χ1) is 30.7. The summed E-state index contributed by atoms with van der Waals surface area (Å²) in [5, 5.41) is 23.8. The van der Waals surface area contributed by atoms with Gasteiger partial charge in [-0.2, -0.15) is 9.94 Å². The summed E-state index contributed by atoms with van der Waals surface area (Å²) in [5.41, 5.74) is 2.60. The molecule has 1 saturated carbocycles. The number of nitrogens with one attached hydrogen (secondary N) is 2. The smallest absolute Gasteiger partial charge is 0.278 e. The Morgan fingerprint density at radius 1 is 0.844 bits per heavy atom. The highest BCUT2D eigenvalue weighted by molar-refractivity contribution is 6.31. The number of hydrogen-bond acceptors (Lipinski definition) is 12. The molecule has 4 aliphatic heterocycles. The van der Waals surface area contributed by atoms with Crippen LogP contribution in [0.25, 0.3) is 10.9 Å². The largest absolute Gasteiger partial charge is 0.489 e. The maximum atomic E-state index is 13.5. The maximum Gasteiger partial charge on any atom is 0.278 e. The summed E-state index contributed by atoms with van der Waals surface area (Å²) in [5.74, 6) is 0.925. The van der Waals surface area contributed by atoms with Crippen LogP contribution < -0.4 is 30.7 Å². The molecule has 336 valence electrons. The van der Waals surface area contributed by atoms with Crippen LogP contribution in [-0.4, -0.2) is 120 Å². The first-order valence-electron chi connectivity index (χ1n) is 22.6. The van der Waals surface area contributed by atoms with Gasteiger partial charge in [0.2, 0.25) is 5.91 Å². The Hall–Kier alpha value is -5.56. The highest BCUT2D eigenvalue weighted by Crippen LogP contribution is 2.55. The van der Waals surface area contributed by atoms with Crippen molar-refractivity contribution in [1.82, 2.24) is 35.4 Å². The first-order valence-corrected chi connectivity index (χ1v) is 23.0. The number of anilines is 2. The molecule has 16 heteroatoms.